The molecular weight excluding hydrogens is 680 g/mol. The first-order valence-electron chi connectivity index (χ1n) is 14.7. The highest BCUT2D eigenvalue weighted by molar-refractivity contribution is 6.34. The number of alkyl halides is 3. The van der Waals surface area contributed by atoms with E-state index in [0.717, 1.165) is 30.8 Å². The molecule has 18 heteroatoms. The monoisotopic (exact) mass is 708 g/mol. The van der Waals surface area contributed by atoms with Gasteiger partial charge in [-0.2, -0.15) is 13.2 Å². The van der Waals surface area contributed by atoms with Crippen molar-refractivity contribution in [2.24, 2.45) is 12.8 Å². The highest BCUT2D eigenvalue weighted by Crippen LogP contribution is 2.37. The van der Waals surface area contributed by atoms with Crippen LogP contribution in [0.2, 0.25) is 10.0 Å². The second-order valence-corrected chi connectivity index (χ2v) is 12.5. The van der Waals surface area contributed by atoms with Gasteiger partial charge < -0.3 is 30.4 Å². The van der Waals surface area contributed by atoms with Gasteiger partial charge >= 0.3 is 6.18 Å². The van der Waals surface area contributed by atoms with Gasteiger partial charge in [-0.3, -0.25) is 23.9 Å². The topological polar surface area (TPSA) is 161 Å². The van der Waals surface area contributed by atoms with Crippen LogP contribution >= 0.6 is 23.2 Å². The molecule has 1 aromatic carbocycles. The number of nitrogens with two attached hydrogens (primary N) is 1. The van der Waals surface area contributed by atoms with Gasteiger partial charge in [-0.1, -0.05) is 23.2 Å². The highest BCUT2D eigenvalue weighted by Gasteiger charge is 2.38. The maximum atomic E-state index is 13.9. The maximum absolute atomic E-state index is 13.9. The van der Waals surface area contributed by atoms with E-state index in [1.807, 2.05) is 0 Å². The largest absolute Gasteiger partial charge is 0.506 e. The number of amides is 2. The Labute approximate surface area is 280 Å². The van der Waals surface area contributed by atoms with Crippen LogP contribution in [0, 0.1) is 0 Å². The number of primary amides is 1. The van der Waals surface area contributed by atoms with E-state index < -0.39 is 47.3 Å². The first-order valence-corrected chi connectivity index (χ1v) is 15.4. The molecule has 2 fully saturated rings. The summed E-state index contributed by atoms with van der Waals surface area (Å²) in [4.78, 5) is 51.4. The minimum Gasteiger partial charge on any atom is -0.506 e. The molecule has 6 rings (SSSR count). The molecule has 2 aliphatic heterocycles. The van der Waals surface area contributed by atoms with Crippen LogP contribution in [0.3, 0.4) is 0 Å². The van der Waals surface area contributed by atoms with Crippen molar-refractivity contribution >= 4 is 57.6 Å². The number of pyridine rings is 1. The highest BCUT2D eigenvalue weighted by atomic mass is 35.5. The number of anilines is 2. The van der Waals surface area contributed by atoms with Gasteiger partial charge in [0.05, 0.1) is 52.1 Å². The smallest absolute Gasteiger partial charge is 0.449 e. The van der Waals surface area contributed by atoms with E-state index in [-0.39, 0.29) is 43.9 Å². The molecule has 0 saturated carbocycles. The van der Waals surface area contributed by atoms with Crippen molar-refractivity contribution in [3.63, 3.8) is 0 Å². The second kappa shape index (κ2) is 12.6. The normalized spacial score (nSPS) is 17.5. The molecule has 4 N–H and O–H groups in total. The van der Waals surface area contributed by atoms with Gasteiger partial charge in [-0.25, -0.2) is 9.97 Å². The van der Waals surface area contributed by atoms with Crippen molar-refractivity contribution in [2.75, 3.05) is 43.1 Å². The predicted molar refractivity (Wildman–Crippen MR) is 171 cm³/mol. The summed E-state index contributed by atoms with van der Waals surface area (Å²) in [5, 5.41) is 12.4. The van der Waals surface area contributed by atoms with Crippen molar-refractivity contribution in [3.05, 3.63) is 62.4 Å². The summed E-state index contributed by atoms with van der Waals surface area (Å²) in [7, 11) is 0.912. The Balaban J connectivity index is 1.34. The SMILES string of the molecule is C[C@H]1CN(C2COC2)CCN1c1cc(NC(=O)Cn2cc(-c3cc(Cl)c(O)c(C(N)=O)c3)c3c(=O)n(C)c(C(F)(F)F)nc32)c(Cl)cn1. The van der Waals surface area contributed by atoms with Crippen LogP contribution in [0.4, 0.5) is 24.7 Å². The molecule has 13 nitrogen and oxygen atoms in total. The Morgan fingerprint density at radius 2 is 1.90 bits per heavy atom. The Hall–Kier alpha value is -4.38. The number of fused-ring (bicyclic) bond motifs is 1. The lowest BCUT2D eigenvalue weighted by Crippen LogP contribution is -2.59. The van der Waals surface area contributed by atoms with Crippen molar-refractivity contribution < 1.29 is 32.6 Å². The number of hydrogen-bond donors (Lipinski definition) is 3. The molecule has 4 aromatic rings. The average molecular weight is 710 g/mol. The molecule has 3 aromatic heterocycles. The number of nitrogens with one attached hydrogen (secondary N) is 1. The fraction of sp³-hybridized carbons (Fsp3) is 0.367. The number of aromatic hydroxyl groups is 1. The summed E-state index contributed by atoms with van der Waals surface area (Å²) in [5.41, 5.74) is 3.74. The minimum atomic E-state index is -5.00. The molecule has 2 saturated heterocycles. The van der Waals surface area contributed by atoms with E-state index in [1.165, 1.54) is 18.5 Å². The Kier molecular flexibility index (Phi) is 8.78. The van der Waals surface area contributed by atoms with E-state index in [9.17, 15) is 32.7 Å². The molecule has 2 aliphatic rings. The molecule has 5 heterocycles. The van der Waals surface area contributed by atoms with Gasteiger partial charge in [-0.05, 0) is 24.6 Å². The average Bonchev–Trinajstić information content (AvgIpc) is 3.34. The fourth-order valence-corrected chi connectivity index (χ4v) is 6.34. The maximum Gasteiger partial charge on any atom is 0.449 e. The first kappa shape index (κ1) is 33.5. The number of piperazine rings is 1. The molecule has 0 aliphatic carbocycles. The number of rotatable bonds is 7. The van der Waals surface area contributed by atoms with Crippen LogP contribution in [-0.4, -0.2) is 85.9 Å². The van der Waals surface area contributed by atoms with E-state index >= 15 is 0 Å². The van der Waals surface area contributed by atoms with Crippen LogP contribution in [0.5, 0.6) is 5.75 Å². The van der Waals surface area contributed by atoms with Crippen LogP contribution in [-0.2, 0) is 29.3 Å². The summed E-state index contributed by atoms with van der Waals surface area (Å²) in [6.45, 7) is 5.16. The van der Waals surface area contributed by atoms with Crippen LogP contribution in [0.25, 0.3) is 22.2 Å². The van der Waals surface area contributed by atoms with E-state index in [2.05, 4.69) is 32.0 Å². The predicted octanol–water partition coefficient (Wildman–Crippen LogP) is 3.48. The molecular formula is C30H29Cl2F3N8O5. The van der Waals surface area contributed by atoms with Gasteiger partial charge in [-0.15, -0.1) is 0 Å². The molecule has 254 valence electrons. The number of hydrogen-bond acceptors (Lipinski definition) is 9. The van der Waals surface area contributed by atoms with Crippen LogP contribution in [0.1, 0.15) is 23.1 Å². The lowest BCUT2D eigenvalue weighted by molar-refractivity contribution is -0.147. The fourth-order valence-electron chi connectivity index (χ4n) is 5.97. The Morgan fingerprint density at radius 1 is 1.17 bits per heavy atom. The Bertz CT molecular complexity index is 2010. The molecule has 0 bridgehead atoms. The van der Waals surface area contributed by atoms with Gasteiger partial charge in [0.15, 0.2) is 0 Å². The Morgan fingerprint density at radius 3 is 2.52 bits per heavy atom. The number of benzene rings is 1. The minimum absolute atomic E-state index is 0.00477. The number of nitrogens with zero attached hydrogens (tertiary/aromatic N) is 6. The van der Waals surface area contributed by atoms with E-state index in [0.29, 0.717) is 36.2 Å². The van der Waals surface area contributed by atoms with Gasteiger partial charge in [0.1, 0.15) is 23.8 Å². The molecule has 0 radical (unpaired) electrons. The lowest BCUT2D eigenvalue weighted by Gasteiger charge is -2.46. The molecule has 0 unspecified atom stereocenters. The summed E-state index contributed by atoms with van der Waals surface area (Å²) in [6.07, 6.45) is -2.36. The van der Waals surface area contributed by atoms with E-state index in [4.69, 9.17) is 33.7 Å². The summed E-state index contributed by atoms with van der Waals surface area (Å²) >= 11 is 12.5. The van der Waals surface area contributed by atoms with Crippen molar-refractivity contribution in [2.45, 2.75) is 31.7 Å². The first-order chi connectivity index (χ1) is 22.6. The van der Waals surface area contributed by atoms with Crippen molar-refractivity contribution in [3.8, 4) is 16.9 Å². The van der Waals surface area contributed by atoms with Crippen LogP contribution < -0.4 is 21.5 Å². The third-order valence-electron chi connectivity index (χ3n) is 8.51. The van der Waals surface area contributed by atoms with Gasteiger partial charge in [0.2, 0.25) is 11.7 Å². The van der Waals surface area contributed by atoms with E-state index in [1.54, 1.807) is 6.07 Å². The number of carbonyl (C=O) groups excluding carboxylic acids is 2. The number of ether oxygens (including phenoxy) is 1. The van der Waals surface area contributed by atoms with Crippen molar-refractivity contribution in [1.29, 1.82) is 0 Å². The van der Waals surface area contributed by atoms with Gasteiger partial charge in [0, 0.05) is 50.6 Å². The van der Waals surface area contributed by atoms with Crippen LogP contribution in [0.15, 0.2) is 35.4 Å². The van der Waals surface area contributed by atoms with Gasteiger partial charge in [0.25, 0.3) is 11.5 Å². The second-order valence-electron chi connectivity index (χ2n) is 11.7. The molecule has 48 heavy (non-hydrogen) atoms. The third kappa shape index (κ3) is 6.16. The summed E-state index contributed by atoms with van der Waals surface area (Å²) in [6, 6.07) is 4.46. The number of aromatic nitrogens is 4. The zero-order valence-electron chi connectivity index (χ0n) is 25.5. The molecule has 0 spiro atoms. The van der Waals surface area contributed by atoms with Crippen molar-refractivity contribution in [1.82, 2.24) is 24.0 Å². The quantitative estimate of drug-likeness (QED) is 0.261. The number of carbonyl (C=O) groups is 2. The number of phenols is 1. The zero-order valence-corrected chi connectivity index (χ0v) is 27.0. The lowest BCUT2D eigenvalue weighted by atomic mass is 10.0. The molecule has 1 atom stereocenters. The molecule has 2 amide bonds. The summed E-state index contributed by atoms with van der Waals surface area (Å²) < 4.78 is 48.5. The number of halogens is 5. The third-order valence-corrected chi connectivity index (χ3v) is 9.10. The standard InChI is InChI=1S/C30H29Cl2F3N8O5/c1-14-9-41(16-12-48-13-16)3-4-43(14)22-7-21(20(32)8-37-22)38-23(44)11-42-10-18(15-5-17(26(36)46)25(45)19(31)6-15)24-27(42)39-29(30(33,34)35)40(2)28(24)47/h5-8,10,14,16,45H,3-4,9,11-13H2,1-2H3,(H2,36,46)(H,37,38,44)/t14-/m0/s1. The zero-order chi connectivity index (χ0) is 34.7. The summed E-state index contributed by atoms with van der Waals surface area (Å²) in [5.74, 6) is -3.26.